The van der Waals surface area contributed by atoms with Gasteiger partial charge in [0.05, 0.1) is 10.6 Å². The minimum Gasteiger partial charge on any atom is -0.377 e. The molecule has 1 aromatic carbocycles. The van der Waals surface area contributed by atoms with Gasteiger partial charge in [0.2, 0.25) is 0 Å². The van der Waals surface area contributed by atoms with Gasteiger partial charge in [-0.05, 0) is 44.0 Å². The highest BCUT2D eigenvalue weighted by atomic mass is 35.5. The molecular weight excluding hydrogens is 289 g/mol. The van der Waals surface area contributed by atoms with Crippen molar-refractivity contribution in [2.45, 2.75) is 56.6 Å². The Morgan fingerprint density at radius 1 is 1.29 bits per heavy atom. The maximum atomic E-state index is 13.3. The molecule has 0 radical (unpaired) electrons. The fraction of sp³-hybridized carbons (Fsp3) is 0.647. The highest BCUT2D eigenvalue weighted by molar-refractivity contribution is 6.30. The Morgan fingerprint density at radius 3 is 2.48 bits per heavy atom. The van der Waals surface area contributed by atoms with Crippen LogP contribution < -0.4 is 5.32 Å². The number of ether oxygens (including phenoxy) is 1. The van der Waals surface area contributed by atoms with Gasteiger partial charge in [-0.3, -0.25) is 0 Å². The van der Waals surface area contributed by atoms with Gasteiger partial charge in [0, 0.05) is 13.2 Å². The smallest absolute Gasteiger partial charge is 0.141 e. The lowest BCUT2D eigenvalue weighted by molar-refractivity contribution is -0.0509. The first-order valence-corrected chi connectivity index (χ1v) is 8.15. The zero-order valence-electron chi connectivity index (χ0n) is 12.9. The molecular formula is C17H25ClFNO. The number of likely N-dealkylation sites (N-methyl/N-ethyl adjacent to an activating group) is 1. The number of nitrogens with one attached hydrogen (secondary N) is 1. The van der Waals surface area contributed by atoms with Crippen LogP contribution in [0.4, 0.5) is 4.39 Å². The summed E-state index contributed by atoms with van der Waals surface area (Å²) in [6, 6.07) is 5.19. The lowest BCUT2D eigenvalue weighted by Crippen LogP contribution is -2.52. The van der Waals surface area contributed by atoms with Gasteiger partial charge in [-0.2, -0.15) is 0 Å². The minimum absolute atomic E-state index is 0.133. The molecule has 0 heterocycles. The molecule has 0 bridgehead atoms. The predicted octanol–water partition coefficient (Wildman–Crippen LogP) is 4.35. The summed E-state index contributed by atoms with van der Waals surface area (Å²) in [6.45, 7) is 0. The van der Waals surface area contributed by atoms with E-state index < -0.39 is 0 Å². The van der Waals surface area contributed by atoms with Crippen molar-refractivity contribution in [3.63, 3.8) is 0 Å². The van der Waals surface area contributed by atoms with E-state index in [9.17, 15) is 4.39 Å². The second-order valence-electron chi connectivity index (χ2n) is 5.98. The van der Waals surface area contributed by atoms with Gasteiger partial charge in [-0.15, -0.1) is 0 Å². The van der Waals surface area contributed by atoms with Crippen molar-refractivity contribution < 1.29 is 9.13 Å². The molecule has 1 atom stereocenters. The van der Waals surface area contributed by atoms with Gasteiger partial charge >= 0.3 is 0 Å². The van der Waals surface area contributed by atoms with E-state index in [4.69, 9.17) is 16.3 Å². The van der Waals surface area contributed by atoms with Crippen molar-refractivity contribution in [2.75, 3.05) is 14.2 Å². The molecule has 0 amide bonds. The zero-order chi connectivity index (χ0) is 15.3. The van der Waals surface area contributed by atoms with Crippen molar-refractivity contribution in [2.24, 2.45) is 0 Å². The number of rotatable bonds is 5. The standard InChI is InChI=1S/C17H25ClFNO/c1-20-16(12-13-7-8-15(19)14(18)11-13)17(21-2)9-5-3-4-6-10-17/h7-8,11,16,20H,3-6,9-10,12H2,1-2H3. The Balaban J connectivity index is 2.18. The van der Waals surface area contributed by atoms with E-state index in [-0.39, 0.29) is 22.5 Å². The second kappa shape index (κ2) is 7.57. The molecule has 118 valence electrons. The normalized spacial score (nSPS) is 20.0. The molecule has 0 aromatic heterocycles. The summed E-state index contributed by atoms with van der Waals surface area (Å²) in [5, 5.41) is 3.60. The van der Waals surface area contributed by atoms with Crippen LogP contribution in [-0.2, 0) is 11.2 Å². The number of halogens is 2. The minimum atomic E-state index is -0.364. The van der Waals surface area contributed by atoms with Gasteiger partial charge in [0.25, 0.3) is 0 Å². The average molecular weight is 314 g/mol. The molecule has 4 heteroatoms. The highest BCUT2D eigenvalue weighted by Gasteiger charge is 2.38. The Labute approximate surface area is 132 Å². The van der Waals surface area contributed by atoms with E-state index >= 15 is 0 Å². The summed E-state index contributed by atoms with van der Waals surface area (Å²) in [4.78, 5) is 0. The zero-order valence-corrected chi connectivity index (χ0v) is 13.7. The van der Waals surface area contributed by atoms with E-state index in [1.54, 1.807) is 6.07 Å². The van der Waals surface area contributed by atoms with Gasteiger partial charge in [-0.25, -0.2) is 4.39 Å². The van der Waals surface area contributed by atoms with E-state index in [1.165, 1.54) is 31.7 Å². The summed E-state index contributed by atoms with van der Waals surface area (Å²) in [7, 11) is 3.79. The van der Waals surface area contributed by atoms with Gasteiger partial charge in [0.15, 0.2) is 0 Å². The molecule has 1 saturated carbocycles. The third-order valence-electron chi connectivity index (χ3n) is 4.76. The van der Waals surface area contributed by atoms with Crippen molar-refractivity contribution in [3.05, 3.63) is 34.6 Å². The molecule has 0 saturated heterocycles. The van der Waals surface area contributed by atoms with Crippen LogP contribution in [0, 0.1) is 5.82 Å². The molecule has 1 N–H and O–H groups in total. The summed E-state index contributed by atoms with van der Waals surface area (Å²) in [5.41, 5.74) is 0.910. The molecule has 1 aromatic rings. The summed E-state index contributed by atoms with van der Waals surface area (Å²) < 4.78 is 19.3. The lowest BCUT2D eigenvalue weighted by Gasteiger charge is -2.39. The molecule has 0 spiro atoms. The maximum Gasteiger partial charge on any atom is 0.141 e. The first kappa shape index (κ1) is 16.7. The fourth-order valence-corrected chi connectivity index (χ4v) is 3.68. The van der Waals surface area contributed by atoms with Crippen LogP contribution in [-0.4, -0.2) is 25.8 Å². The topological polar surface area (TPSA) is 21.3 Å². The summed E-state index contributed by atoms with van der Waals surface area (Å²) in [6.07, 6.45) is 7.92. The fourth-order valence-electron chi connectivity index (χ4n) is 3.48. The second-order valence-corrected chi connectivity index (χ2v) is 6.38. The van der Waals surface area contributed by atoms with Crippen molar-refractivity contribution in [1.29, 1.82) is 0 Å². The van der Waals surface area contributed by atoms with E-state index in [0.717, 1.165) is 24.8 Å². The Morgan fingerprint density at radius 2 is 1.95 bits per heavy atom. The van der Waals surface area contributed by atoms with Crippen LogP contribution >= 0.6 is 11.6 Å². The Bertz CT molecular complexity index is 458. The average Bonchev–Trinajstić information content (AvgIpc) is 2.74. The third-order valence-corrected chi connectivity index (χ3v) is 5.05. The Hall–Kier alpha value is -0.640. The quantitative estimate of drug-likeness (QED) is 0.816. The third kappa shape index (κ3) is 3.97. The van der Waals surface area contributed by atoms with E-state index in [2.05, 4.69) is 5.32 Å². The van der Waals surface area contributed by atoms with Crippen LogP contribution in [0.5, 0.6) is 0 Å². The molecule has 2 nitrogen and oxygen atoms in total. The molecule has 2 rings (SSSR count). The van der Waals surface area contributed by atoms with E-state index in [1.807, 2.05) is 20.2 Å². The predicted molar refractivity (Wildman–Crippen MR) is 85.4 cm³/mol. The molecule has 1 aliphatic carbocycles. The molecule has 1 unspecified atom stereocenters. The molecule has 0 aliphatic heterocycles. The van der Waals surface area contributed by atoms with Crippen LogP contribution in [0.2, 0.25) is 5.02 Å². The van der Waals surface area contributed by atoms with Gasteiger partial charge in [-0.1, -0.05) is 43.4 Å². The van der Waals surface area contributed by atoms with E-state index in [0.29, 0.717) is 0 Å². The van der Waals surface area contributed by atoms with Crippen LogP contribution in [0.1, 0.15) is 44.1 Å². The molecule has 21 heavy (non-hydrogen) atoms. The number of hydrogen-bond acceptors (Lipinski definition) is 2. The largest absolute Gasteiger partial charge is 0.377 e. The highest BCUT2D eigenvalue weighted by Crippen LogP contribution is 2.34. The van der Waals surface area contributed by atoms with Crippen molar-refractivity contribution in [1.82, 2.24) is 5.32 Å². The number of methoxy groups -OCH3 is 1. The van der Waals surface area contributed by atoms with Crippen molar-refractivity contribution in [3.8, 4) is 0 Å². The van der Waals surface area contributed by atoms with Crippen LogP contribution in [0.3, 0.4) is 0 Å². The van der Waals surface area contributed by atoms with Gasteiger partial charge < -0.3 is 10.1 Å². The lowest BCUT2D eigenvalue weighted by atomic mass is 9.83. The monoisotopic (exact) mass is 313 g/mol. The molecule has 1 aliphatic rings. The van der Waals surface area contributed by atoms with Crippen LogP contribution in [0.25, 0.3) is 0 Å². The number of hydrogen-bond donors (Lipinski definition) is 1. The summed E-state index contributed by atoms with van der Waals surface area (Å²) >= 11 is 5.89. The summed E-state index contributed by atoms with van der Waals surface area (Å²) in [5.74, 6) is -0.364. The molecule has 1 fully saturated rings. The maximum absolute atomic E-state index is 13.3. The van der Waals surface area contributed by atoms with Gasteiger partial charge in [0.1, 0.15) is 5.82 Å². The van der Waals surface area contributed by atoms with Crippen molar-refractivity contribution >= 4 is 11.6 Å². The first-order valence-electron chi connectivity index (χ1n) is 7.77. The first-order chi connectivity index (χ1) is 10.1. The Kier molecular flexibility index (Phi) is 6.03. The SMILES string of the molecule is CNC(Cc1ccc(F)c(Cl)c1)C1(OC)CCCCCC1. The van der Waals surface area contributed by atoms with Crippen LogP contribution in [0.15, 0.2) is 18.2 Å². The number of benzene rings is 1.